The number of hydrogen-bond donors (Lipinski definition) is 0. The minimum Gasteiger partial charge on any atom is -0.462 e. The lowest BCUT2D eigenvalue weighted by Gasteiger charge is -2.18. The molecule has 6 nitrogen and oxygen atoms in total. The van der Waals surface area contributed by atoms with Gasteiger partial charge in [-0.25, -0.2) is 0 Å². The van der Waals surface area contributed by atoms with Crippen molar-refractivity contribution in [1.82, 2.24) is 0 Å². The third kappa shape index (κ3) is 65.0. The lowest BCUT2D eigenvalue weighted by atomic mass is 10.0. The molecule has 0 aliphatic rings. The van der Waals surface area contributed by atoms with Gasteiger partial charge in [0.15, 0.2) is 6.10 Å². The molecule has 0 aromatic heterocycles. The van der Waals surface area contributed by atoms with Gasteiger partial charge in [0.2, 0.25) is 0 Å². The highest BCUT2D eigenvalue weighted by Crippen LogP contribution is 2.17. The maximum atomic E-state index is 12.9. The Morgan fingerprint density at radius 2 is 0.519 bits per heavy atom. The summed E-state index contributed by atoms with van der Waals surface area (Å²) in [5.41, 5.74) is 0. The van der Waals surface area contributed by atoms with Crippen LogP contribution in [0.15, 0.2) is 97.2 Å². The van der Waals surface area contributed by atoms with Crippen molar-refractivity contribution in [3.8, 4) is 0 Å². The quantitative estimate of drug-likeness (QED) is 0.0261. The molecule has 0 heterocycles. The van der Waals surface area contributed by atoms with E-state index >= 15 is 0 Å². The lowest BCUT2D eigenvalue weighted by molar-refractivity contribution is -0.166. The summed E-state index contributed by atoms with van der Waals surface area (Å²) in [5.74, 6) is -0.988. The van der Waals surface area contributed by atoms with Gasteiger partial charge >= 0.3 is 17.9 Å². The van der Waals surface area contributed by atoms with Crippen LogP contribution in [0.2, 0.25) is 0 Å². The first-order valence-electron chi connectivity index (χ1n) is 33.7. The number of carbonyl (C=O) groups is 3. The van der Waals surface area contributed by atoms with Gasteiger partial charge in [-0.15, -0.1) is 0 Å². The fourth-order valence-electron chi connectivity index (χ4n) is 9.56. The molecule has 0 spiro atoms. The maximum Gasteiger partial charge on any atom is 0.306 e. The topological polar surface area (TPSA) is 78.9 Å². The van der Waals surface area contributed by atoms with E-state index in [4.69, 9.17) is 14.2 Å². The zero-order valence-corrected chi connectivity index (χ0v) is 52.1. The van der Waals surface area contributed by atoms with Crippen molar-refractivity contribution in [2.75, 3.05) is 13.2 Å². The van der Waals surface area contributed by atoms with Gasteiger partial charge in [0.25, 0.3) is 0 Å². The summed E-state index contributed by atoms with van der Waals surface area (Å²) in [6.45, 7) is 6.48. The van der Waals surface area contributed by atoms with E-state index in [0.29, 0.717) is 19.3 Å². The molecule has 79 heavy (non-hydrogen) atoms. The van der Waals surface area contributed by atoms with Crippen LogP contribution in [0.3, 0.4) is 0 Å². The molecule has 0 bridgehead atoms. The molecule has 0 rings (SSSR count). The Morgan fingerprint density at radius 3 is 0.848 bits per heavy atom. The molecule has 0 radical (unpaired) electrons. The largest absolute Gasteiger partial charge is 0.462 e. The first kappa shape index (κ1) is 75.3. The molecule has 1 unspecified atom stereocenters. The molecule has 0 aliphatic carbocycles. The summed E-state index contributed by atoms with van der Waals surface area (Å²) in [7, 11) is 0. The van der Waals surface area contributed by atoms with Crippen molar-refractivity contribution in [1.29, 1.82) is 0 Å². The van der Waals surface area contributed by atoms with Crippen molar-refractivity contribution < 1.29 is 28.6 Å². The first-order chi connectivity index (χ1) is 39.0. The Morgan fingerprint density at radius 1 is 0.266 bits per heavy atom. The third-order valence-corrected chi connectivity index (χ3v) is 14.6. The molecular weight excluding hydrogens is 973 g/mol. The summed E-state index contributed by atoms with van der Waals surface area (Å²) in [6.07, 6.45) is 90.1. The zero-order valence-electron chi connectivity index (χ0n) is 52.1. The maximum absolute atomic E-state index is 12.9. The molecule has 454 valence electrons. The molecule has 0 saturated carbocycles. The Kier molecular flexibility index (Phi) is 63.7. The summed E-state index contributed by atoms with van der Waals surface area (Å²) in [4.78, 5) is 38.4. The van der Waals surface area contributed by atoms with Crippen molar-refractivity contribution in [2.45, 2.75) is 335 Å². The molecule has 0 fully saturated rings. The minimum absolute atomic E-state index is 0.108. The molecule has 6 heteroatoms. The predicted octanol–water partition coefficient (Wildman–Crippen LogP) is 23.2. The number of unbranched alkanes of at least 4 members (excludes halogenated alkanes) is 34. The molecule has 0 N–H and O–H groups in total. The monoisotopic (exact) mass is 1100 g/mol. The summed E-state index contributed by atoms with van der Waals surface area (Å²) in [5, 5.41) is 0. The van der Waals surface area contributed by atoms with E-state index in [2.05, 4.69) is 112 Å². The Balaban J connectivity index is 4.40. The molecule has 0 saturated heterocycles. The van der Waals surface area contributed by atoms with E-state index in [0.717, 1.165) is 89.9 Å². The number of rotatable bonds is 61. The standard InChI is InChI=1S/C73H126O6/c1-4-7-10-13-16-19-22-25-28-31-33-34-35-36-37-38-40-42-45-48-51-54-57-60-63-66-72(75)78-69-70(68-77-71(74)65-62-59-56-53-50-47-44-41-30-27-24-21-18-15-12-9-6-3)79-73(76)67-64-61-58-55-52-49-46-43-39-32-29-26-23-20-17-14-11-8-5-2/h8,11,17-18,20-21,26-27,29-30,39,43,49,52,58,61,70H,4-7,9-10,12-16,19,22-25,28,31-38,40-42,44-48,50-51,53-57,59-60,62-69H2,1-3H3/b11-8-,20-17-,21-18-,29-26-,30-27-,43-39-,52-49-,61-58-. The number of hydrogen-bond acceptors (Lipinski definition) is 6. The SMILES string of the molecule is CC/C=C\C/C=C\C/C=C\C/C=C\C/C=C\C/C=C\CCC(=O)OC(COC(=O)CCCCCCCCC/C=C\C/C=C\CCCCC)COC(=O)CCCCCCCCCCCCCCCCCCCCCCCCCCC. The molecule has 0 aliphatic heterocycles. The van der Waals surface area contributed by atoms with Gasteiger partial charge in [-0.3, -0.25) is 14.4 Å². The van der Waals surface area contributed by atoms with E-state index in [1.165, 1.54) is 193 Å². The van der Waals surface area contributed by atoms with E-state index in [1.807, 2.05) is 6.08 Å². The fourth-order valence-corrected chi connectivity index (χ4v) is 9.56. The van der Waals surface area contributed by atoms with Crippen LogP contribution in [0.25, 0.3) is 0 Å². The predicted molar refractivity (Wildman–Crippen MR) is 344 cm³/mol. The number of esters is 3. The van der Waals surface area contributed by atoms with Gasteiger partial charge < -0.3 is 14.2 Å². The average molecular weight is 1100 g/mol. The molecule has 1 atom stereocenters. The molecule has 0 aromatic rings. The number of allylic oxidation sites excluding steroid dienone is 16. The number of carbonyl (C=O) groups excluding carboxylic acids is 3. The highest BCUT2D eigenvalue weighted by Gasteiger charge is 2.19. The van der Waals surface area contributed by atoms with Crippen LogP contribution < -0.4 is 0 Å². The van der Waals surface area contributed by atoms with Crippen molar-refractivity contribution in [2.24, 2.45) is 0 Å². The summed E-state index contributed by atoms with van der Waals surface area (Å²) in [6, 6.07) is 0. The van der Waals surface area contributed by atoms with Gasteiger partial charge in [0, 0.05) is 19.3 Å². The Bertz CT molecular complexity index is 1540. The number of ether oxygens (including phenoxy) is 3. The molecule has 0 aromatic carbocycles. The molecular formula is C73H126O6. The minimum atomic E-state index is -0.823. The normalized spacial score (nSPS) is 12.7. The van der Waals surface area contributed by atoms with Crippen LogP contribution in [-0.4, -0.2) is 37.2 Å². The van der Waals surface area contributed by atoms with E-state index < -0.39 is 12.1 Å². The van der Waals surface area contributed by atoms with Gasteiger partial charge in [0.05, 0.1) is 0 Å². The summed E-state index contributed by atoms with van der Waals surface area (Å²) < 4.78 is 16.9. The lowest BCUT2D eigenvalue weighted by Crippen LogP contribution is -2.30. The van der Waals surface area contributed by atoms with Crippen LogP contribution in [0.4, 0.5) is 0 Å². The van der Waals surface area contributed by atoms with E-state index in [9.17, 15) is 14.4 Å². The van der Waals surface area contributed by atoms with E-state index in [-0.39, 0.29) is 31.6 Å². The Labute approximate surface area is 489 Å². The second-order valence-corrected chi connectivity index (χ2v) is 22.4. The van der Waals surface area contributed by atoms with Gasteiger partial charge in [-0.1, -0.05) is 317 Å². The first-order valence-corrected chi connectivity index (χ1v) is 33.7. The van der Waals surface area contributed by atoms with E-state index in [1.54, 1.807) is 0 Å². The van der Waals surface area contributed by atoms with Crippen LogP contribution in [0.1, 0.15) is 329 Å². The zero-order chi connectivity index (χ0) is 57.1. The second kappa shape index (κ2) is 66.8. The van der Waals surface area contributed by atoms with Gasteiger partial charge in [-0.2, -0.15) is 0 Å². The second-order valence-electron chi connectivity index (χ2n) is 22.4. The smallest absolute Gasteiger partial charge is 0.306 e. The third-order valence-electron chi connectivity index (χ3n) is 14.6. The average Bonchev–Trinajstić information content (AvgIpc) is 3.45. The highest BCUT2D eigenvalue weighted by molar-refractivity contribution is 5.71. The van der Waals surface area contributed by atoms with Crippen LogP contribution >= 0.6 is 0 Å². The highest BCUT2D eigenvalue weighted by atomic mass is 16.6. The van der Waals surface area contributed by atoms with Crippen LogP contribution in [0, 0.1) is 0 Å². The van der Waals surface area contributed by atoms with Crippen LogP contribution in [0.5, 0.6) is 0 Å². The van der Waals surface area contributed by atoms with Crippen molar-refractivity contribution in [3.63, 3.8) is 0 Å². The van der Waals surface area contributed by atoms with Crippen molar-refractivity contribution in [3.05, 3.63) is 97.2 Å². The molecule has 0 amide bonds. The summed E-state index contributed by atoms with van der Waals surface area (Å²) >= 11 is 0. The van der Waals surface area contributed by atoms with Gasteiger partial charge in [0.1, 0.15) is 13.2 Å². The van der Waals surface area contributed by atoms with Gasteiger partial charge in [-0.05, 0) is 89.9 Å². The fraction of sp³-hybridized carbons (Fsp3) is 0.740. The Hall–Kier alpha value is -3.67. The van der Waals surface area contributed by atoms with Crippen LogP contribution in [-0.2, 0) is 28.6 Å². The van der Waals surface area contributed by atoms with Crippen molar-refractivity contribution >= 4 is 17.9 Å².